The topological polar surface area (TPSA) is 16.1 Å². The molecule has 2 heterocycles. The summed E-state index contributed by atoms with van der Waals surface area (Å²) in [6.07, 6.45) is -1.37. The first-order valence-electron chi connectivity index (χ1n) is 7.33. The average molecular weight is 326 g/mol. The maximum absolute atomic E-state index is 13.5. The molecule has 3 rings (SSSR count). The normalized spacial score (nSPS) is 16.1. The van der Waals surface area contributed by atoms with E-state index in [1.807, 2.05) is 11.8 Å². The van der Waals surface area contributed by atoms with Crippen molar-refractivity contribution in [1.82, 2.24) is 4.98 Å². The number of rotatable bonds is 2. The predicted octanol–water partition coefficient (Wildman–Crippen LogP) is 5.13. The van der Waals surface area contributed by atoms with Crippen LogP contribution in [0, 0.1) is 6.92 Å². The van der Waals surface area contributed by atoms with Crippen molar-refractivity contribution in [1.29, 1.82) is 0 Å². The molecule has 0 saturated carbocycles. The number of thiazole rings is 1. The van der Waals surface area contributed by atoms with Crippen molar-refractivity contribution in [3.63, 3.8) is 0 Å². The van der Waals surface area contributed by atoms with Gasteiger partial charge in [0, 0.05) is 29.2 Å². The lowest BCUT2D eigenvalue weighted by atomic mass is 10.0. The molecule has 22 heavy (non-hydrogen) atoms. The summed E-state index contributed by atoms with van der Waals surface area (Å²) < 4.78 is 40.4. The van der Waals surface area contributed by atoms with Crippen molar-refractivity contribution in [3.05, 3.63) is 34.2 Å². The van der Waals surface area contributed by atoms with Crippen LogP contribution in [0.5, 0.6) is 0 Å². The number of benzene rings is 1. The summed E-state index contributed by atoms with van der Waals surface area (Å²) in [6, 6.07) is 4.59. The van der Waals surface area contributed by atoms with Gasteiger partial charge in [-0.05, 0) is 38.3 Å². The summed E-state index contributed by atoms with van der Waals surface area (Å²) in [5.41, 5.74) is 2.58. The molecule has 0 amide bonds. The van der Waals surface area contributed by atoms with Gasteiger partial charge in [0.15, 0.2) is 0 Å². The van der Waals surface area contributed by atoms with Crippen LogP contribution < -0.4 is 4.90 Å². The first kappa shape index (κ1) is 15.3. The smallest absolute Gasteiger partial charge is 0.371 e. The van der Waals surface area contributed by atoms with Gasteiger partial charge < -0.3 is 4.90 Å². The molecular weight excluding hydrogens is 309 g/mol. The number of aryl methyl sites for hydroxylation is 1. The molecule has 0 spiro atoms. The molecule has 0 unspecified atom stereocenters. The molecule has 0 radical (unpaired) electrons. The Morgan fingerprint density at radius 2 is 1.86 bits per heavy atom. The van der Waals surface area contributed by atoms with E-state index in [4.69, 9.17) is 0 Å². The minimum Gasteiger partial charge on any atom is -0.371 e. The van der Waals surface area contributed by atoms with E-state index in [0.717, 1.165) is 24.1 Å². The number of hydrogen-bond donors (Lipinski definition) is 0. The lowest BCUT2D eigenvalue weighted by molar-refractivity contribution is -0.137. The van der Waals surface area contributed by atoms with Crippen LogP contribution in [0.2, 0.25) is 0 Å². The van der Waals surface area contributed by atoms with E-state index in [1.54, 1.807) is 17.6 Å². The van der Waals surface area contributed by atoms with E-state index in [1.165, 1.54) is 17.4 Å². The minimum atomic E-state index is -4.35. The van der Waals surface area contributed by atoms with Crippen LogP contribution in [-0.4, -0.2) is 18.1 Å². The Bertz CT molecular complexity index is 658. The Morgan fingerprint density at radius 3 is 2.45 bits per heavy atom. The zero-order chi connectivity index (χ0) is 15.7. The second-order valence-electron chi connectivity index (χ2n) is 5.53. The number of halogens is 3. The van der Waals surface area contributed by atoms with E-state index in [0.29, 0.717) is 30.0 Å². The Hall–Kier alpha value is -1.56. The van der Waals surface area contributed by atoms with Crippen molar-refractivity contribution >= 4 is 17.0 Å². The molecule has 1 fully saturated rings. The van der Waals surface area contributed by atoms with Crippen molar-refractivity contribution in [2.24, 2.45) is 0 Å². The largest absolute Gasteiger partial charge is 0.418 e. The molecule has 0 aliphatic carbocycles. The van der Waals surface area contributed by atoms with Gasteiger partial charge in [0.2, 0.25) is 0 Å². The molecule has 0 bridgehead atoms. The van der Waals surface area contributed by atoms with Crippen LogP contribution in [-0.2, 0) is 6.18 Å². The maximum Gasteiger partial charge on any atom is 0.418 e. The number of hydrogen-bond acceptors (Lipinski definition) is 3. The second kappa shape index (κ2) is 5.91. The highest BCUT2D eigenvalue weighted by atomic mass is 32.1. The van der Waals surface area contributed by atoms with Gasteiger partial charge in [-0.25, -0.2) is 4.98 Å². The zero-order valence-electron chi connectivity index (χ0n) is 12.3. The molecule has 0 atom stereocenters. The van der Waals surface area contributed by atoms with Gasteiger partial charge in [-0.2, -0.15) is 13.2 Å². The molecule has 0 N–H and O–H groups in total. The lowest BCUT2D eigenvalue weighted by Crippen LogP contribution is -2.31. The molecule has 2 nitrogen and oxygen atoms in total. The summed E-state index contributed by atoms with van der Waals surface area (Å²) in [6.45, 7) is 3.26. The Balaban J connectivity index is 2.06. The van der Waals surface area contributed by atoms with Crippen molar-refractivity contribution in [3.8, 4) is 11.3 Å². The Labute approximate surface area is 131 Å². The summed E-state index contributed by atoms with van der Waals surface area (Å²) in [5, 5.41) is 0. The zero-order valence-corrected chi connectivity index (χ0v) is 13.1. The molecule has 1 aliphatic rings. The fraction of sp³-hybridized carbons (Fsp3) is 0.438. The third-order valence-electron chi connectivity index (χ3n) is 4.02. The highest BCUT2D eigenvalue weighted by Crippen LogP contribution is 2.40. The summed E-state index contributed by atoms with van der Waals surface area (Å²) in [7, 11) is 0. The van der Waals surface area contributed by atoms with E-state index < -0.39 is 11.7 Å². The lowest BCUT2D eigenvalue weighted by Gasteiger charge is -2.31. The van der Waals surface area contributed by atoms with Gasteiger partial charge in [0.1, 0.15) is 0 Å². The van der Waals surface area contributed by atoms with Crippen molar-refractivity contribution < 1.29 is 13.2 Å². The van der Waals surface area contributed by atoms with Crippen LogP contribution in [0.3, 0.4) is 0 Å². The minimum absolute atomic E-state index is 0.295. The summed E-state index contributed by atoms with van der Waals surface area (Å²) in [5.74, 6) is 0. The fourth-order valence-electron chi connectivity index (χ4n) is 2.90. The Morgan fingerprint density at radius 1 is 1.14 bits per heavy atom. The Kier molecular flexibility index (Phi) is 4.12. The fourth-order valence-corrected chi connectivity index (χ4v) is 3.50. The van der Waals surface area contributed by atoms with Crippen LogP contribution in [0.1, 0.15) is 29.7 Å². The third-order valence-corrected chi connectivity index (χ3v) is 4.77. The van der Waals surface area contributed by atoms with Crippen molar-refractivity contribution in [2.45, 2.75) is 32.4 Å². The van der Waals surface area contributed by atoms with Crippen molar-refractivity contribution in [2.75, 3.05) is 18.0 Å². The third kappa shape index (κ3) is 2.97. The van der Waals surface area contributed by atoms with Gasteiger partial charge in [-0.3, -0.25) is 0 Å². The van der Waals surface area contributed by atoms with Gasteiger partial charge in [0.25, 0.3) is 0 Å². The molecule has 6 heteroatoms. The van der Waals surface area contributed by atoms with Gasteiger partial charge >= 0.3 is 6.18 Å². The molecule has 1 aromatic heterocycles. The monoisotopic (exact) mass is 326 g/mol. The van der Waals surface area contributed by atoms with E-state index in [9.17, 15) is 13.2 Å². The quantitative estimate of drug-likeness (QED) is 0.761. The SMILES string of the molecule is Cc1scnc1-c1ccc(N2CCCCC2)c(C(F)(F)F)c1. The number of alkyl halides is 3. The number of nitrogens with zero attached hydrogens (tertiary/aromatic N) is 2. The van der Waals surface area contributed by atoms with Gasteiger partial charge in [0.05, 0.1) is 16.8 Å². The second-order valence-corrected chi connectivity index (χ2v) is 6.59. The molecule has 1 aliphatic heterocycles. The highest BCUT2D eigenvalue weighted by Gasteiger charge is 2.35. The summed E-state index contributed by atoms with van der Waals surface area (Å²) in [4.78, 5) is 6.97. The molecule has 118 valence electrons. The van der Waals surface area contributed by atoms with Gasteiger partial charge in [-0.1, -0.05) is 6.07 Å². The number of aromatic nitrogens is 1. The summed E-state index contributed by atoms with van der Waals surface area (Å²) >= 11 is 1.44. The maximum atomic E-state index is 13.5. The molecule has 2 aromatic rings. The molecule has 1 aromatic carbocycles. The predicted molar refractivity (Wildman–Crippen MR) is 83.4 cm³/mol. The standard InChI is InChI=1S/C16H17F3N2S/c1-11-15(20-10-22-11)12-5-6-14(13(9-12)16(17,18)19)21-7-3-2-4-8-21/h5-6,9-10H,2-4,7-8H2,1H3. The van der Waals surface area contributed by atoms with E-state index in [-0.39, 0.29) is 0 Å². The number of piperidine rings is 1. The molecule has 1 saturated heterocycles. The molecular formula is C16H17F3N2S. The van der Waals surface area contributed by atoms with Crippen LogP contribution in [0.15, 0.2) is 23.7 Å². The van der Waals surface area contributed by atoms with Crippen LogP contribution in [0.25, 0.3) is 11.3 Å². The van der Waals surface area contributed by atoms with E-state index >= 15 is 0 Å². The van der Waals surface area contributed by atoms with Crippen LogP contribution in [0.4, 0.5) is 18.9 Å². The first-order chi connectivity index (χ1) is 10.5. The number of anilines is 1. The highest BCUT2D eigenvalue weighted by molar-refractivity contribution is 7.10. The average Bonchev–Trinajstić information content (AvgIpc) is 2.93. The van der Waals surface area contributed by atoms with E-state index in [2.05, 4.69) is 4.98 Å². The van der Waals surface area contributed by atoms with Crippen LogP contribution >= 0.6 is 11.3 Å². The van der Waals surface area contributed by atoms with Gasteiger partial charge in [-0.15, -0.1) is 11.3 Å². The first-order valence-corrected chi connectivity index (χ1v) is 8.21.